The monoisotopic (exact) mass is 222 g/mol. The molecule has 0 bridgehead atoms. The van der Waals surface area contributed by atoms with Gasteiger partial charge in [0.1, 0.15) is 5.75 Å². The number of carbonyl (C=O) groups excluding carboxylic acids is 1. The largest absolute Gasteiger partial charge is 0.353 e. The molecule has 0 aromatic heterocycles. The first-order chi connectivity index (χ1) is 6.37. The van der Waals surface area contributed by atoms with Crippen molar-refractivity contribution in [3.63, 3.8) is 0 Å². The molecule has 84 valence electrons. The zero-order valence-corrected chi connectivity index (χ0v) is 9.43. The Labute approximate surface area is 85.0 Å². The van der Waals surface area contributed by atoms with Crippen molar-refractivity contribution in [3.8, 4) is 0 Å². The van der Waals surface area contributed by atoms with Crippen molar-refractivity contribution in [2.24, 2.45) is 5.73 Å². The Kier molecular flexibility index (Phi) is 5.71. The van der Waals surface area contributed by atoms with Gasteiger partial charge in [0.05, 0.1) is 5.75 Å². The van der Waals surface area contributed by atoms with E-state index < -0.39 is 21.5 Å². The number of rotatable bonds is 6. The van der Waals surface area contributed by atoms with E-state index in [-0.39, 0.29) is 11.8 Å². The van der Waals surface area contributed by atoms with E-state index in [0.29, 0.717) is 13.0 Å². The Morgan fingerprint density at radius 2 is 2.00 bits per heavy atom. The molecule has 0 fully saturated rings. The van der Waals surface area contributed by atoms with Crippen molar-refractivity contribution in [2.75, 3.05) is 18.1 Å². The van der Waals surface area contributed by atoms with Gasteiger partial charge in [-0.05, 0) is 26.8 Å². The third-order valence-electron chi connectivity index (χ3n) is 1.46. The average molecular weight is 222 g/mol. The normalized spacial score (nSPS) is 11.7. The minimum absolute atomic E-state index is 0.0188. The summed E-state index contributed by atoms with van der Waals surface area (Å²) in [5.41, 5.74) is 5.18. The third-order valence-corrected chi connectivity index (χ3v) is 3.07. The van der Waals surface area contributed by atoms with Gasteiger partial charge in [0.25, 0.3) is 0 Å². The van der Waals surface area contributed by atoms with Gasteiger partial charge in [-0.15, -0.1) is 0 Å². The minimum Gasteiger partial charge on any atom is -0.353 e. The van der Waals surface area contributed by atoms with E-state index >= 15 is 0 Å². The highest BCUT2D eigenvalue weighted by molar-refractivity contribution is 7.92. The van der Waals surface area contributed by atoms with Gasteiger partial charge in [-0.1, -0.05) is 0 Å². The highest BCUT2D eigenvalue weighted by Gasteiger charge is 2.16. The lowest BCUT2D eigenvalue weighted by atomic mass is 10.4. The van der Waals surface area contributed by atoms with E-state index in [1.165, 1.54) is 0 Å². The van der Waals surface area contributed by atoms with Crippen molar-refractivity contribution in [2.45, 2.75) is 26.3 Å². The smallest absolute Gasteiger partial charge is 0.235 e. The number of hydrogen-bond acceptors (Lipinski definition) is 4. The molecular weight excluding hydrogens is 204 g/mol. The summed E-state index contributed by atoms with van der Waals surface area (Å²) in [5, 5.41) is 2.53. The van der Waals surface area contributed by atoms with Crippen molar-refractivity contribution < 1.29 is 13.2 Å². The van der Waals surface area contributed by atoms with Crippen LogP contribution in [0.15, 0.2) is 0 Å². The Morgan fingerprint density at radius 3 is 2.43 bits per heavy atom. The number of carbonyl (C=O) groups is 1. The quantitative estimate of drug-likeness (QED) is 0.620. The van der Waals surface area contributed by atoms with Crippen LogP contribution in [0.25, 0.3) is 0 Å². The Morgan fingerprint density at radius 1 is 1.43 bits per heavy atom. The van der Waals surface area contributed by atoms with Gasteiger partial charge in [-0.2, -0.15) is 0 Å². The first kappa shape index (κ1) is 13.4. The topological polar surface area (TPSA) is 89.3 Å². The van der Waals surface area contributed by atoms with Gasteiger partial charge in [-0.3, -0.25) is 4.79 Å². The molecule has 0 saturated heterocycles. The maximum atomic E-state index is 11.3. The molecule has 0 aromatic carbocycles. The van der Waals surface area contributed by atoms with Crippen LogP contribution in [-0.4, -0.2) is 38.4 Å². The van der Waals surface area contributed by atoms with Crippen molar-refractivity contribution in [1.82, 2.24) is 5.32 Å². The van der Waals surface area contributed by atoms with Crippen LogP contribution >= 0.6 is 0 Å². The SMILES string of the molecule is CC(C)NC(=O)CS(=O)(=O)CCCN. The third kappa shape index (κ3) is 6.85. The summed E-state index contributed by atoms with van der Waals surface area (Å²) in [4.78, 5) is 11.1. The highest BCUT2D eigenvalue weighted by atomic mass is 32.2. The van der Waals surface area contributed by atoms with Gasteiger partial charge >= 0.3 is 0 Å². The second-order valence-electron chi connectivity index (χ2n) is 3.46. The first-order valence-electron chi connectivity index (χ1n) is 4.57. The molecule has 14 heavy (non-hydrogen) atoms. The summed E-state index contributed by atoms with van der Waals surface area (Å²) in [6, 6.07) is -0.0350. The Balaban J connectivity index is 4.03. The predicted octanol–water partition coefficient (Wildman–Crippen LogP) is -0.725. The van der Waals surface area contributed by atoms with Crippen LogP contribution in [0.2, 0.25) is 0 Å². The average Bonchev–Trinajstić information content (AvgIpc) is 1.98. The van der Waals surface area contributed by atoms with Crippen molar-refractivity contribution >= 4 is 15.7 Å². The molecule has 0 aliphatic rings. The van der Waals surface area contributed by atoms with Crippen LogP contribution in [0.1, 0.15) is 20.3 Å². The Bertz CT molecular complexity index is 272. The fourth-order valence-electron chi connectivity index (χ4n) is 0.939. The molecule has 0 rings (SSSR count). The zero-order valence-electron chi connectivity index (χ0n) is 8.62. The lowest BCUT2D eigenvalue weighted by Gasteiger charge is -2.08. The molecule has 0 aliphatic heterocycles. The molecule has 3 N–H and O–H groups in total. The number of nitrogens with one attached hydrogen (secondary N) is 1. The molecule has 6 heteroatoms. The van der Waals surface area contributed by atoms with Gasteiger partial charge in [0, 0.05) is 6.04 Å². The van der Waals surface area contributed by atoms with Crippen molar-refractivity contribution in [1.29, 1.82) is 0 Å². The summed E-state index contributed by atoms with van der Waals surface area (Å²) in [5.74, 6) is -0.905. The number of hydrogen-bond donors (Lipinski definition) is 2. The summed E-state index contributed by atoms with van der Waals surface area (Å²) in [7, 11) is -3.28. The van der Waals surface area contributed by atoms with Gasteiger partial charge in [-0.25, -0.2) is 8.42 Å². The van der Waals surface area contributed by atoms with E-state index in [4.69, 9.17) is 5.73 Å². The molecular formula is C8H18N2O3S. The second-order valence-corrected chi connectivity index (χ2v) is 5.64. The summed E-state index contributed by atoms with van der Waals surface area (Å²) >= 11 is 0. The predicted molar refractivity (Wildman–Crippen MR) is 55.6 cm³/mol. The van der Waals surface area contributed by atoms with E-state index in [1.54, 1.807) is 13.8 Å². The molecule has 0 spiro atoms. The molecule has 0 aliphatic carbocycles. The molecule has 0 atom stereocenters. The number of nitrogens with two attached hydrogens (primary N) is 1. The summed E-state index contributed by atoms with van der Waals surface area (Å²) < 4.78 is 22.5. The molecule has 0 saturated carbocycles. The van der Waals surface area contributed by atoms with E-state index in [0.717, 1.165) is 0 Å². The molecule has 0 unspecified atom stereocenters. The zero-order chi connectivity index (χ0) is 11.2. The lowest BCUT2D eigenvalue weighted by molar-refractivity contribution is -0.119. The molecule has 0 aromatic rings. The highest BCUT2D eigenvalue weighted by Crippen LogP contribution is 1.93. The van der Waals surface area contributed by atoms with E-state index in [9.17, 15) is 13.2 Å². The second kappa shape index (κ2) is 5.98. The molecule has 5 nitrogen and oxygen atoms in total. The van der Waals surface area contributed by atoms with Gasteiger partial charge < -0.3 is 11.1 Å². The van der Waals surface area contributed by atoms with Crippen LogP contribution in [0, 0.1) is 0 Å². The number of sulfone groups is 1. The standard InChI is InChI=1S/C8H18N2O3S/c1-7(2)10-8(11)6-14(12,13)5-3-4-9/h7H,3-6,9H2,1-2H3,(H,10,11). The van der Waals surface area contributed by atoms with Gasteiger partial charge in [0.15, 0.2) is 9.84 Å². The minimum atomic E-state index is -3.28. The fourth-order valence-corrected chi connectivity index (χ4v) is 2.17. The number of amides is 1. The van der Waals surface area contributed by atoms with E-state index in [1.807, 2.05) is 0 Å². The lowest BCUT2D eigenvalue weighted by Crippen LogP contribution is -2.35. The fraction of sp³-hybridized carbons (Fsp3) is 0.875. The summed E-state index contributed by atoms with van der Waals surface area (Å²) in [6.07, 6.45) is 0.400. The Hall–Kier alpha value is -0.620. The maximum Gasteiger partial charge on any atom is 0.235 e. The summed E-state index contributed by atoms with van der Waals surface area (Å²) in [6.45, 7) is 3.89. The maximum absolute atomic E-state index is 11.3. The first-order valence-corrected chi connectivity index (χ1v) is 6.39. The van der Waals surface area contributed by atoms with Crippen LogP contribution in [-0.2, 0) is 14.6 Å². The molecule has 1 amide bonds. The van der Waals surface area contributed by atoms with Crippen LogP contribution in [0.5, 0.6) is 0 Å². The van der Waals surface area contributed by atoms with Crippen LogP contribution in [0.3, 0.4) is 0 Å². The molecule has 0 heterocycles. The molecule has 0 radical (unpaired) electrons. The van der Waals surface area contributed by atoms with Crippen molar-refractivity contribution in [3.05, 3.63) is 0 Å². The van der Waals surface area contributed by atoms with Gasteiger partial charge in [0.2, 0.25) is 5.91 Å². The van der Waals surface area contributed by atoms with Crippen LogP contribution < -0.4 is 11.1 Å². The van der Waals surface area contributed by atoms with Crippen LogP contribution in [0.4, 0.5) is 0 Å². The van der Waals surface area contributed by atoms with E-state index in [2.05, 4.69) is 5.32 Å².